The lowest BCUT2D eigenvalue weighted by atomic mass is 9.93. The second-order valence-corrected chi connectivity index (χ2v) is 6.30. The summed E-state index contributed by atoms with van der Waals surface area (Å²) in [5, 5.41) is 9.47. The van der Waals surface area contributed by atoms with Crippen LogP contribution in [0.4, 0.5) is 0 Å². The molecule has 0 aromatic rings. The van der Waals surface area contributed by atoms with Crippen LogP contribution >= 0.6 is 0 Å². The third kappa shape index (κ3) is 2.03. The van der Waals surface area contributed by atoms with Crippen LogP contribution in [0.15, 0.2) is 0 Å². The Morgan fingerprint density at radius 3 is 2.10 bits per heavy atom. The van der Waals surface area contributed by atoms with E-state index in [4.69, 9.17) is 0 Å². The highest BCUT2D eigenvalue weighted by molar-refractivity contribution is 6.09. The molecule has 0 aromatic carbocycles. The largest absolute Gasteiger partial charge is 0.479 e. The number of aliphatic carboxylic acids is 1. The lowest BCUT2D eigenvalue weighted by Crippen LogP contribution is -2.55. The maximum Gasteiger partial charge on any atom is 0.329 e. The number of amides is 2. The molecule has 1 aliphatic carbocycles. The number of carboxylic acid groups (broad SMARTS) is 1. The van der Waals surface area contributed by atoms with Crippen LogP contribution in [0, 0.1) is 17.8 Å². The fourth-order valence-electron chi connectivity index (χ4n) is 3.75. The summed E-state index contributed by atoms with van der Waals surface area (Å²) in [6, 6.07) is 0. The third-order valence-electron chi connectivity index (χ3n) is 5.00. The summed E-state index contributed by atoms with van der Waals surface area (Å²) >= 11 is 0. The van der Waals surface area contributed by atoms with Crippen molar-refractivity contribution in [2.45, 2.75) is 58.4 Å². The summed E-state index contributed by atoms with van der Waals surface area (Å²) in [5.74, 6) is -1.79. The molecular weight excluding hydrogens is 258 g/mol. The highest BCUT2D eigenvalue weighted by Crippen LogP contribution is 2.46. The van der Waals surface area contributed by atoms with Crippen LogP contribution in [0.2, 0.25) is 0 Å². The van der Waals surface area contributed by atoms with Crippen molar-refractivity contribution < 1.29 is 19.5 Å². The van der Waals surface area contributed by atoms with Gasteiger partial charge in [0.15, 0.2) is 0 Å². The van der Waals surface area contributed by atoms with E-state index < -0.39 is 11.5 Å². The molecule has 1 N–H and O–H groups in total. The Kier molecular flexibility index (Phi) is 3.89. The number of carbonyl (C=O) groups is 3. The van der Waals surface area contributed by atoms with Gasteiger partial charge in [0, 0.05) is 0 Å². The van der Waals surface area contributed by atoms with Crippen LogP contribution in [0.3, 0.4) is 0 Å². The van der Waals surface area contributed by atoms with Gasteiger partial charge in [-0.25, -0.2) is 4.79 Å². The van der Waals surface area contributed by atoms with Gasteiger partial charge >= 0.3 is 5.97 Å². The number of imide groups is 1. The summed E-state index contributed by atoms with van der Waals surface area (Å²) < 4.78 is 0. The zero-order chi connectivity index (χ0) is 15.1. The fourth-order valence-corrected chi connectivity index (χ4v) is 3.75. The normalized spacial score (nSPS) is 32.4. The monoisotopic (exact) mass is 281 g/mol. The van der Waals surface area contributed by atoms with Crippen LogP contribution in [0.25, 0.3) is 0 Å². The van der Waals surface area contributed by atoms with Gasteiger partial charge in [-0.05, 0) is 32.1 Å². The molecule has 2 amide bonds. The van der Waals surface area contributed by atoms with E-state index in [1.54, 1.807) is 0 Å². The van der Waals surface area contributed by atoms with Gasteiger partial charge in [0.1, 0.15) is 5.54 Å². The Morgan fingerprint density at radius 2 is 1.75 bits per heavy atom. The van der Waals surface area contributed by atoms with Gasteiger partial charge in [0.05, 0.1) is 11.8 Å². The van der Waals surface area contributed by atoms with Crippen molar-refractivity contribution in [2.24, 2.45) is 17.8 Å². The van der Waals surface area contributed by atoms with Gasteiger partial charge in [-0.15, -0.1) is 0 Å². The molecule has 5 nitrogen and oxygen atoms in total. The number of nitrogens with zero attached hydrogens (tertiary/aromatic N) is 1. The molecule has 0 aromatic heterocycles. The van der Waals surface area contributed by atoms with Crippen LogP contribution in [0.1, 0.15) is 52.9 Å². The van der Waals surface area contributed by atoms with Gasteiger partial charge in [-0.1, -0.05) is 26.7 Å². The van der Waals surface area contributed by atoms with E-state index in [2.05, 4.69) is 6.92 Å². The number of hydrogen-bond donors (Lipinski definition) is 1. The Morgan fingerprint density at radius 1 is 1.25 bits per heavy atom. The first-order valence-electron chi connectivity index (χ1n) is 7.48. The van der Waals surface area contributed by atoms with Crippen LogP contribution < -0.4 is 0 Å². The SMILES string of the molecule is CCCC(C)(C(=O)O)N1C(=O)C2CC(CC)CC2C1=O. The summed E-state index contributed by atoms with van der Waals surface area (Å²) in [6.07, 6.45) is 3.34. The van der Waals surface area contributed by atoms with E-state index in [1.807, 2.05) is 6.92 Å². The molecule has 5 heteroatoms. The van der Waals surface area contributed by atoms with Crippen LogP contribution in [-0.2, 0) is 14.4 Å². The molecule has 3 atom stereocenters. The minimum Gasteiger partial charge on any atom is -0.479 e. The number of hydrogen-bond acceptors (Lipinski definition) is 3. The summed E-state index contributed by atoms with van der Waals surface area (Å²) in [7, 11) is 0. The van der Waals surface area contributed by atoms with E-state index in [0.717, 1.165) is 24.2 Å². The number of rotatable bonds is 5. The van der Waals surface area contributed by atoms with Crippen molar-refractivity contribution in [3.05, 3.63) is 0 Å². The minimum absolute atomic E-state index is 0.269. The fraction of sp³-hybridized carbons (Fsp3) is 0.800. The Balaban J connectivity index is 2.30. The molecule has 1 saturated carbocycles. The zero-order valence-corrected chi connectivity index (χ0v) is 12.4. The highest BCUT2D eigenvalue weighted by atomic mass is 16.4. The molecular formula is C15H23NO4. The summed E-state index contributed by atoms with van der Waals surface area (Å²) in [6.45, 7) is 5.42. The standard InChI is InChI=1S/C15H23NO4/c1-4-6-15(3,14(19)20)16-12(17)10-7-9(5-2)8-11(10)13(16)18/h9-11H,4-8H2,1-3H3,(H,19,20). The molecule has 1 saturated heterocycles. The number of carboxylic acids is 1. The number of fused-ring (bicyclic) bond motifs is 1. The molecule has 0 spiro atoms. The number of carbonyl (C=O) groups excluding carboxylic acids is 2. The average molecular weight is 281 g/mol. The van der Waals surface area contributed by atoms with E-state index in [-0.39, 0.29) is 23.7 Å². The second kappa shape index (κ2) is 5.19. The zero-order valence-electron chi connectivity index (χ0n) is 12.4. The first-order valence-corrected chi connectivity index (χ1v) is 7.48. The Labute approximate surface area is 119 Å². The maximum absolute atomic E-state index is 12.5. The number of likely N-dealkylation sites (tertiary alicyclic amines) is 1. The van der Waals surface area contributed by atoms with Gasteiger partial charge in [-0.3, -0.25) is 14.5 Å². The lowest BCUT2D eigenvalue weighted by molar-refractivity contribution is -0.163. The average Bonchev–Trinajstić information content (AvgIpc) is 2.90. The van der Waals surface area contributed by atoms with E-state index in [0.29, 0.717) is 18.8 Å². The quantitative estimate of drug-likeness (QED) is 0.783. The van der Waals surface area contributed by atoms with Crippen molar-refractivity contribution >= 4 is 17.8 Å². The smallest absolute Gasteiger partial charge is 0.329 e. The topological polar surface area (TPSA) is 74.7 Å². The second-order valence-electron chi connectivity index (χ2n) is 6.30. The van der Waals surface area contributed by atoms with E-state index in [1.165, 1.54) is 6.92 Å². The van der Waals surface area contributed by atoms with Gasteiger partial charge in [0.2, 0.25) is 11.8 Å². The van der Waals surface area contributed by atoms with Crippen molar-refractivity contribution in [2.75, 3.05) is 0 Å². The molecule has 2 aliphatic rings. The predicted molar refractivity (Wildman–Crippen MR) is 72.8 cm³/mol. The summed E-state index contributed by atoms with van der Waals surface area (Å²) in [5.41, 5.74) is -1.39. The molecule has 0 bridgehead atoms. The molecule has 112 valence electrons. The molecule has 0 radical (unpaired) electrons. The third-order valence-corrected chi connectivity index (χ3v) is 5.00. The van der Waals surface area contributed by atoms with Gasteiger partial charge < -0.3 is 5.11 Å². The molecule has 1 aliphatic heterocycles. The molecule has 20 heavy (non-hydrogen) atoms. The molecule has 2 rings (SSSR count). The Hall–Kier alpha value is -1.39. The Bertz CT molecular complexity index is 423. The highest BCUT2D eigenvalue weighted by Gasteiger charge is 2.58. The van der Waals surface area contributed by atoms with E-state index in [9.17, 15) is 19.5 Å². The first-order chi connectivity index (χ1) is 9.36. The van der Waals surface area contributed by atoms with Crippen molar-refractivity contribution in [1.29, 1.82) is 0 Å². The summed E-state index contributed by atoms with van der Waals surface area (Å²) in [4.78, 5) is 37.7. The van der Waals surface area contributed by atoms with Crippen molar-refractivity contribution in [3.8, 4) is 0 Å². The van der Waals surface area contributed by atoms with Crippen molar-refractivity contribution in [3.63, 3.8) is 0 Å². The molecule has 3 unspecified atom stereocenters. The van der Waals surface area contributed by atoms with Gasteiger partial charge in [0.25, 0.3) is 0 Å². The lowest BCUT2D eigenvalue weighted by Gasteiger charge is -2.34. The van der Waals surface area contributed by atoms with Crippen molar-refractivity contribution in [1.82, 2.24) is 4.90 Å². The first kappa shape index (κ1) is 15.0. The van der Waals surface area contributed by atoms with Gasteiger partial charge in [-0.2, -0.15) is 0 Å². The predicted octanol–water partition coefficient (Wildman–Crippen LogP) is 2.05. The minimum atomic E-state index is -1.39. The van der Waals surface area contributed by atoms with Crippen LogP contribution in [0.5, 0.6) is 0 Å². The maximum atomic E-state index is 12.5. The van der Waals surface area contributed by atoms with E-state index >= 15 is 0 Å². The molecule has 2 fully saturated rings. The van der Waals surface area contributed by atoms with Crippen LogP contribution in [-0.4, -0.2) is 33.3 Å². The molecule has 1 heterocycles.